The zero-order valence-electron chi connectivity index (χ0n) is 10.6. The Morgan fingerprint density at radius 2 is 1.89 bits per heavy atom. The second-order valence-electron chi connectivity index (χ2n) is 5.10. The molecule has 2 aliphatic heterocycles. The van der Waals surface area contributed by atoms with Gasteiger partial charge in [0, 0.05) is 18.4 Å². The number of aryl methyl sites for hydroxylation is 2. The summed E-state index contributed by atoms with van der Waals surface area (Å²) >= 11 is 0. The van der Waals surface area contributed by atoms with Gasteiger partial charge in [-0.2, -0.15) is 0 Å². The zero-order chi connectivity index (χ0) is 12.9. The number of fused-ring (bicyclic) bond motifs is 2. The fourth-order valence-corrected chi connectivity index (χ4v) is 2.98. The minimum Gasteiger partial charge on any atom is -0.381 e. The number of ether oxygens (including phenoxy) is 1. The highest BCUT2D eigenvalue weighted by Crippen LogP contribution is 2.32. The van der Waals surface area contributed by atoms with Crippen molar-refractivity contribution in [1.82, 2.24) is 9.88 Å². The molecule has 0 bridgehead atoms. The van der Waals surface area contributed by atoms with Crippen molar-refractivity contribution in [3.8, 4) is 0 Å². The van der Waals surface area contributed by atoms with Gasteiger partial charge in [-0.15, -0.1) is 0 Å². The summed E-state index contributed by atoms with van der Waals surface area (Å²) in [5, 5.41) is 2.99. The maximum Gasteiger partial charge on any atom is 0.270 e. The van der Waals surface area contributed by atoms with Crippen LogP contribution in [-0.2, 0) is 10.4 Å². The Balaban J connectivity index is 2.29. The molecule has 1 N–H and O–H groups in total. The molecule has 1 spiro atoms. The van der Waals surface area contributed by atoms with Crippen LogP contribution in [0.4, 0.5) is 0 Å². The Bertz CT molecular complexity index is 583. The van der Waals surface area contributed by atoms with Crippen LogP contribution in [-0.4, -0.2) is 23.7 Å². The lowest BCUT2D eigenvalue weighted by Gasteiger charge is -2.35. The SMILES string of the molecule is Cc1cc(C)c(=O)n2c1C(=O)NC21CCOCC1. The molecule has 0 aliphatic carbocycles. The highest BCUT2D eigenvalue weighted by atomic mass is 16.5. The fraction of sp³-hybridized carbons (Fsp3) is 0.538. The number of carbonyl (C=O) groups excluding carboxylic acids is 1. The lowest BCUT2D eigenvalue weighted by atomic mass is 10.0. The Labute approximate surface area is 105 Å². The summed E-state index contributed by atoms with van der Waals surface area (Å²) in [7, 11) is 0. The fourth-order valence-electron chi connectivity index (χ4n) is 2.98. The first-order chi connectivity index (χ1) is 8.55. The van der Waals surface area contributed by atoms with E-state index in [-0.39, 0.29) is 11.5 Å². The van der Waals surface area contributed by atoms with Gasteiger partial charge < -0.3 is 10.1 Å². The largest absolute Gasteiger partial charge is 0.381 e. The average molecular weight is 248 g/mol. The Morgan fingerprint density at radius 1 is 1.22 bits per heavy atom. The third-order valence-corrected chi connectivity index (χ3v) is 3.88. The van der Waals surface area contributed by atoms with Gasteiger partial charge in [-0.1, -0.05) is 0 Å². The minimum atomic E-state index is -0.571. The Hall–Kier alpha value is -1.62. The van der Waals surface area contributed by atoms with Crippen LogP contribution in [0, 0.1) is 13.8 Å². The molecule has 1 aromatic heterocycles. The summed E-state index contributed by atoms with van der Waals surface area (Å²) < 4.78 is 7.00. The minimum absolute atomic E-state index is 0.0733. The van der Waals surface area contributed by atoms with Gasteiger partial charge in [0.2, 0.25) is 0 Å². The van der Waals surface area contributed by atoms with Crippen molar-refractivity contribution in [3.05, 3.63) is 33.2 Å². The number of rotatable bonds is 0. The van der Waals surface area contributed by atoms with Gasteiger partial charge >= 0.3 is 0 Å². The molecule has 1 saturated heterocycles. The molecule has 1 amide bonds. The Kier molecular flexibility index (Phi) is 2.35. The number of nitrogens with zero attached hydrogens (tertiary/aromatic N) is 1. The number of carbonyl (C=O) groups is 1. The molecular formula is C13H16N2O3. The van der Waals surface area contributed by atoms with E-state index in [4.69, 9.17) is 4.74 Å². The third-order valence-electron chi connectivity index (χ3n) is 3.88. The van der Waals surface area contributed by atoms with Gasteiger partial charge in [-0.25, -0.2) is 0 Å². The van der Waals surface area contributed by atoms with E-state index in [1.165, 1.54) is 0 Å². The van der Waals surface area contributed by atoms with Gasteiger partial charge in [0.1, 0.15) is 11.4 Å². The molecule has 5 nitrogen and oxygen atoms in total. The number of aromatic nitrogens is 1. The molecule has 96 valence electrons. The lowest BCUT2D eigenvalue weighted by molar-refractivity contribution is 0.0119. The van der Waals surface area contributed by atoms with Crippen molar-refractivity contribution in [3.63, 3.8) is 0 Å². The van der Waals surface area contributed by atoms with Crippen LogP contribution in [0.2, 0.25) is 0 Å². The van der Waals surface area contributed by atoms with Gasteiger partial charge in [-0.05, 0) is 25.5 Å². The van der Waals surface area contributed by atoms with Crippen LogP contribution >= 0.6 is 0 Å². The van der Waals surface area contributed by atoms with Crippen molar-refractivity contribution in [1.29, 1.82) is 0 Å². The second-order valence-corrected chi connectivity index (χ2v) is 5.10. The molecule has 5 heteroatoms. The van der Waals surface area contributed by atoms with E-state index in [1.54, 1.807) is 17.6 Å². The molecule has 18 heavy (non-hydrogen) atoms. The van der Waals surface area contributed by atoms with Gasteiger partial charge in [0.25, 0.3) is 11.5 Å². The van der Waals surface area contributed by atoms with Crippen LogP contribution in [0.1, 0.15) is 34.5 Å². The van der Waals surface area contributed by atoms with Crippen LogP contribution in [0.15, 0.2) is 10.9 Å². The number of pyridine rings is 1. The molecule has 1 aromatic rings. The predicted molar refractivity (Wildman–Crippen MR) is 65.7 cm³/mol. The molecular weight excluding hydrogens is 232 g/mol. The average Bonchev–Trinajstić information content (AvgIpc) is 2.60. The first-order valence-corrected chi connectivity index (χ1v) is 6.19. The lowest BCUT2D eigenvalue weighted by Crippen LogP contribution is -2.51. The van der Waals surface area contributed by atoms with Crippen molar-refractivity contribution < 1.29 is 9.53 Å². The highest BCUT2D eigenvalue weighted by Gasteiger charge is 2.45. The molecule has 0 saturated carbocycles. The molecule has 0 aromatic carbocycles. The van der Waals surface area contributed by atoms with E-state index in [9.17, 15) is 9.59 Å². The summed E-state index contributed by atoms with van der Waals surface area (Å²) in [6.45, 7) is 4.80. The molecule has 0 atom stereocenters. The molecule has 0 radical (unpaired) electrons. The van der Waals surface area contributed by atoms with E-state index in [1.807, 2.05) is 6.92 Å². The summed E-state index contributed by atoms with van der Waals surface area (Å²) in [5.74, 6) is -0.147. The van der Waals surface area contributed by atoms with Crippen LogP contribution in [0.25, 0.3) is 0 Å². The number of amides is 1. The van der Waals surface area contributed by atoms with Crippen LogP contribution < -0.4 is 10.9 Å². The van der Waals surface area contributed by atoms with E-state index in [2.05, 4.69) is 5.32 Å². The molecule has 3 heterocycles. The number of hydrogen-bond donors (Lipinski definition) is 1. The molecule has 2 aliphatic rings. The second kappa shape index (κ2) is 3.68. The standard InChI is InChI=1S/C13H16N2O3/c1-8-7-9(2)12(17)15-10(8)11(16)14-13(15)3-5-18-6-4-13/h7H,3-6H2,1-2H3,(H,14,16). The van der Waals surface area contributed by atoms with Crippen molar-refractivity contribution in [2.24, 2.45) is 0 Å². The summed E-state index contributed by atoms with van der Waals surface area (Å²) in [5.41, 5.74) is 1.40. The summed E-state index contributed by atoms with van der Waals surface area (Å²) in [6, 6.07) is 1.78. The van der Waals surface area contributed by atoms with Crippen LogP contribution in [0.3, 0.4) is 0 Å². The molecule has 3 rings (SSSR count). The molecule has 0 unspecified atom stereocenters. The van der Waals surface area contributed by atoms with Gasteiger partial charge in [0.15, 0.2) is 0 Å². The van der Waals surface area contributed by atoms with Crippen molar-refractivity contribution in [2.45, 2.75) is 32.4 Å². The topological polar surface area (TPSA) is 60.3 Å². The third kappa shape index (κ3) is 1.37. The van der Waals surface area contributed by atoms with Crippen molar-refractivity contribution >= 4 is 5.91 Å². The van der Waals surface area contributed by atoms with E-state index < -0.39 is 5.66 Å². The summed E-state index contributed by atoms with van der Waals surface area (Å²) in [6.07, 6.45) is 1.29. The normalized spacial score (nSPS) is 20.9. The molecule has 1 fully saturated rings. The van der Waals surface area contributed by atoms with Crippen LogP contribution in [0.5, 0.6) is 0 Å². The first kappa shape index (κ1) is 11.5. The first-order valence-electron chi connectivity index (χ1n) is 6.19. The number of nitrogens with one attached hydrogen (secondary N) is 1. The van der Waals surface area contributed by atoms with Crippen molar-refractivity contribution in [2.75, 3.05) is 13.2 Å². The van der Waals surface area contributed by atoms with Gasteiger partial charge in [-0.3, -0.25) is 14.2 Å². The predicted octanol–water partition coefficient (Wildman–Crippen LogP) is 0.672. The highest BCUT2D eigenvalue weighted by molar-refractivity contribution is 5.96. The smallest absolute Gasteiger partial charge is 0.270 e. The maximum absolute atomic E-state index is 12.4. The zero-order valence-corrected chi connectivity index (χ0v) is 10.6. The maximum atomic E-state index is 12.4. The van der Waals surface area contributed by atoms with E-state index in [0.29, 0.717) is 37.3 Å². The monoisotopic (exact) mass is 248 g/mol. The summed E-state index contributed by atoms with van der Waals surface area (Å²) in [4.78, 5) is 24.5. The van der Waals surface area contributed by atoms with Gasteiger partial charge in [0.05, 0.1) is 13.2 Å². The van der Waals surface area contributed by atoms with E-state index in [0.717, 1.165) is 5.56 Å². The van der Waals surface area contributed by atoms with E-state index >= 15 is 0 Å². The Morgan fingerprint density at radius 3 is 2.56 bits per heavy atom. The quantitative estimate of drug-likeness (QED) is 0.734. The number of hydrogen-bond acceptors (Lipinski definition) is 3.